The Kier molecular flexibility index (Phi) is 3.73. The lowest BCUT2D eigenvalue weighted by molar-refractivity contribution is 0.1000. The number of hydrogen-bond donors (Lipinski definition) is 2. The van der Waals surface area contributed by atoms with Gasteiger partial charge in [0.15, 0.2) is 0 Å². The molecule has 0 fully saturated rings. The Hall–Kier alpha value is -2.56. The molecule has 2 aliphatic rings. The Balaban J connectivity index is 1.72. The molecule has 2 heterocycles. The summed E-state index contributed by atoms with van der Waals surface area (Å²) in [5.41, 5.74) is 8.06. The summed E-state index contributed by atoms with van der Waals surface area (Å²) in [5.74, 6) is -0.0138. The monoisotopic (exact) mass is 283 g/mol. The van der Waals surface area contributed by atoms with E-state index in [0.29, 0.717) is 11.4 Å². The molecule has 1 aliphatic carbocycles. The van der Waals surface area contributed by atoms with Gasteiger partial charge in [0.25, 0.3) is 0 Å². The second-order valence-corrected chi connectivity index (χ2v) is 5.04. The lowest BCUT2D eigenvalue weighted by atomic mass is 9.96. The van der Waals surface area contributed by atoms with E-state index < -0.39 is 5.91 Å². The van der Waals surface area contributed by atoms with Gasteiger partial charge in [0.2, 0.25) is 11.8 Å². The molecule has 0 spiro atoms. The predicted molar refractivity (Wildman–Crippen MR) is 79.7 cm³/mol. The van der Waals surface area contributed by atoms with Crippen molar-refractivity contribution in [2.24, 2.45) is 5.73 Å². The number of ether oxygens (including phenoxy) is 1. The quantitative estimate of drug-likeness (QED) is 0.885. The van der Waals surface area contributed by atoms with Crippen molar-refractivity contribution < 1.29 is 9.53 Å². The number of rotatable bonds is 3. The van der Waals surface area contributed by atoms with Crippen molar-refractivity contribution in [2.75, 3.05) is 6.54 Å². The van der Waals surface area contributed by atoms with Crippen LogP contribution in [-0.4, -0.2) is 23.5 Å². The van der Waals surface area contributed by atoms with E-state index in [0.717, 1.165) is 19.4 Å². The van der Waals surface area contributed by atoms with E-state index in [4.69, 9.17) is 10.5 Å². The van der Waals surface area contributed by atoms with E-state index in [2.05, 4.69) is 22.5 Å². The molecule has 108 valence electrons. The minimum atomic E-state index is -0.491. The first-order valence-corrected chi connectivity index (χ1v) is 6.98. The molecular weight excluding hydrogens is 266 g/mol. The number of aromatic nitrogens is 1. The van der Waals surface area contributed by atoms with Gasteiger partial charge in [-0.25, -0.2) is 4.98 Å². The molecule has 21 heavy (non-hydrogen) atoms. The number of nitrogens with zero attached hydrogens (tertiary/aromatic N) is 1. The van der Waals surface area contributed by atoms with E-state index in [1.54, 1.807) is 12.1 Å². The highest BCUT2D eigenvalue weighted by atomic mass is 16.5. The van der Waals surface area contributed by atoms with Gasteiger partial charge in [-0.2, -0.15) is 0 Å². The van der Waals surface area contributed by atoms with Crippen LogP contribution >= 0.6 is 0 Å². The van der Waals surface area contributed by atoms with E-state index >= 15 is 0 Å². The zero-order chi connectivity index (χ0) is 14.7. The summed E-state index contributed by atoms with van der Waals surface area (Å²) >= 11 is 0. The first-order chi connectivity index (χ1) is 10.2. The Morgan fingerprint density at radius 2 is 2.33 bits per heavy atom. The molecule has 1 aliphatic heterocycles. The average molecular weight is 283 g/mol. The van der Waals surface area contributed by atoms with Crippen LogP contribution in [0.1, 0.15) is 23.2 Å². The van der Waals surface area contributed by atoms with Gasteiger partial charge in [-0.1, -0.05) is 6.08 Å². The van der Waals surface area contributed by atoms with Crippen molar-refractivity contribution in [1.82, 2.24) is 10.3 Å². The molecular formula is C16H17N3O2. The van der Waals surface area contributed by atoms with Gasteiger partial charge in [0.05, 0.1) is 5.56 Å². The van der Waals surface area contributed by atoms with Crippen LogP contribution in [0.5, 0.6) is 5.88 Å². The maximum Gasteiger partial charge on any atom is 0.250 e. The van der Waals surface area contributed by atoms with Crippen LogP contribution in [0, 0.1) is 0 Å². The number of hydrogen-bond acceptors (Lipinski definition) is 4. The van der Waals surface area contributed by atoms with Gasteiger partial charge in [0, 0.05) is 25.0 Å². The van der Waals surface area contributed by atoms with E-state index in [1.807, 2.05) is 12.3 Å². The number of pyridine rings is 1. The van der Waals surface area contributed by atoms with Gasteiger partial charge in [-0.15, -0.1) is 0 Å². The fourth-order valence-corrected chi connectivity index (χ4v) is 2.40. The van der Waals surface area contributed by atoms with Crippen LogP contribution in [0.2, 0.25) is 0 Å². The number of fused-ring (bicyclic) bond motifs is 1. The van der Waals surface area contributed by atoms with E-state index in [-0.39, 0.29) is 6.10 Å². The first kappa shape index (κ1) is 13.4. The SMILES string of the molecule is NC(=O)c1ccc(OC2C=CC3=CNCCCC3=C2)nc1. The summed E-state index contributed by atoms with van der Waals surface area (Å²) in [4.78, 5) is 15.1. The Labute approximate surface area is 123 Å². The molecule has 1 atom stereocenters. The molecule has 3 rings (SSSR count). The summed E-state index contributed by atoms with van der Waals surface area (Å²) in [6, 6.07) is 3.28. The van der Waals surface area contributed by atoms with Gasteiger partial charge in [-0.3, -0.25) is 4.79 Å². The third-order valence-electron chi connectivity index (χ3n) is 3.50. The molecule has 5 heteroatoms. The number of allylic oxidation sites excluding steroid dienone is 3. The minimum Gasteiger partial charge on any atom is -0.466 e. The smallest absolute Gasteiger partial charge is 0.250 e. The standard InChI is InChI=1S/C16H17N3O2/c17-16(20)13-4-6-15(19-10-13)21-14-5-3-12-9-18-7-1-2-11(12)8-14/h3-6,8-10,14,18H,1-2,7H2,(H2,17,20). The highest BCUT2D eigenvalue weighted by Crippen LogP contribution is 2.25. The number of carbonyl (C=O) groups excluding carboxylic acids is 1. The van der Waals surface area contributed by atoms with Crippen molar-refractivity contribution in [1.29, 1.82) is 0 Å². The van der Waals surface area contributed by atoms with Crippen molar-refractivity contribution >= 4 is 5.91 Å². The fourth-order valence-electron chi connectivity index (χ4n) is 2.40. The predicted octanol–water partition coefficient (Wildman–Crippen LogP) is 1.69. The van der Waals surface area contributed by atoms with Gasteiger partial charge in [-0.05, 0) is 42.2 Å². The molecule has 0 bridgehead atoms. The molecule has 1 unspecified atom stereocenters. The van der Waals surface area contributed by atoms with Gasteiger partial charge >= 0.3 is 0 Å². The Bertz CT molecular complexity index is 629. The molecule has 0 radical (unpaired) electrons. The molecule has 1 amide bonds. The molecule has 1 aromatic heterocycles. The summed E-state index contributed by atoms with van der Waals surface area (Å²) in [5, 5.41) is 3.28. The first-order valence-electron chi connectivity index (χ1n) is 6.98. The van der Waals surface area contributed by atoms with Crippen LogP contribution < -0.4 is 15.8 Å². The van der Waals surface area contributed by atoms with Gasteiger partial charge in [0.1, 0.15) is 6.10 Å². The lowest BCUT2D eigenvalue weighted by Crippen LogP contribution is -2.16. The van der Waals surface area contributed by atoms with Gasteiger partial charge < -0.3 is 15.8 Å². The maximum atomic E-state index is 11.0. The maximum absolute atomic E-state index is 11.0. The largest absolute Gasteiger partial charge is 0.466 e. The van der Waals surface area contributed by atoms with Crippen LogP contribution in [-0.2, 0) is 0 Å². The molecule has 1 aromatic rings. The molecule has 3 N–H and O–H groups in total. The minimum absolute atomic E-state index is 0.137. The summed E-state index contributed by atoms with van der Waals surface area (Å²) in [6.07, 6.45) is 11.7. The Morgan fingerprint density at radius 1 is 1.43 bits per heavy atom. The highest BCUT2D eigenvalue weighted by molar-refractivity contribution is 5.92. The van der Waals surface area contributed by atoms with Crippen molar-refractivity contribution in [2.45, 2.75) is 18.9 Å². The number of nitrogens with two attached hydrogens (primary N) is 1. The van der Waals surface area contributed by atoms with Crippen LogP contribution in [0.4, 0.5) is 0 Å². The summed E-state index contributed by atoms with van der Waals surface area (Å²) in [6.45, 7) is 0.996. The average Bonchev–Trinajstić information content (AvgIpc) is 2.72. The molecule has 0 saturated carbocycles. The zero-order valence-corrected chi connectivity index (χ0v) is 11.6. The normalized spacial score (nSPS) is 20.5. The highest BCUT2D eigenvalue weighted by Gasteiger charge is 2.15. The second-order valence-electron chi connectivity index (χ2n) is 5.04. The fraction of sp³-hybridized carbons (Fsp3) is 0.250. The van der Waals surface area contributed by atoms with Crippen molar-refractivity contribution in [3.05, 3.63) is 59.5 Å². The van der Waals surface area contributed by atoms with Crippen molar-refractivity contribution in [3.8, 4) is 5.88 Å². The molecule has 5 nitrogen and oxygen atoms in total. The summed E-state index contributed by atoms with van der Waals surface area (Å²) < 4.78 is 5.81. The number of primary amides is 1. The van der Waals surface area contributed by atoms with Crippen LogP contribution in [0.3, 0.4) is 0 Å². The number of nitrogens with one attached hydrogen (secondary N) is 1. The molecule has 0 saturated heterocycles. The molecule has 0 aromatic carbocycles. The number of amides is 1. The third kappa shape index (κ3) is 3.13. The number of carbonyl (C=O) groups is 1. The second kappa shape index (κ2) is 5.83. The zero-order valence-electron chi connectivity index (χ0n) is 11.6. The van der Waals surface area contributed by atoms with Crippen LogP contribution in [0.25, 0.3) is 0 Å². The van der Waals surface area contributed by atoms with E-state index in [9.17, 15) is 4.79 Å². The van der Waals surface area contributed by atoms with Crippen LogP contribution in [0.15, 0.2) is 53.9 Å². The van der Waals surface area contributed by atoms with E-state index in [1.165, 1.54) is 17.3 Å². The summed E-state index contributed by atoms with van der Waals surface area (Å²) in [7, 11) is 0. The third-order valence-corrected chi connectivity index (χ3v) is 3.50. The lowest BCUT2D eigenvalue weighted by Gasteiger charge is -2.18. The van der Waals surface area contributed by atoms with Crippen molar-refractivity contribution in [3.63, 3.8) is 0 Å². The Morgan fingerprint density at radius 3 is 3.10 bits per heavy atom. The topological polar surface area (TPSA) is 77.2 Å².